The Morgan fingerprint density at radius 2 is 2.29 bits per heavy atom. The van der Waals surface area contributed by atoms with Crippen LogP contribution in [0.15, 0.2) is 23.2 Å². The Labute approximate surface area is 99.0 Å². The van der Waals surface area contributed by atoms with Crippen molar-refractivity contribution in [2.45, 2.75) is 20.4 Å². The molecule has 0 aliphatic heterocycles. The normalized spacial score (nSPS) is 10.2. The summed E-state index contributed by atoms with van der Waals surface area (Å²) < 4.78 is 10.1. The molecule has 0 aliphatic carbocycles. The van der Waals surface area contributed by atoms with Gasteiger partial charge in [-0.2, -0.15) is 0 Å². The third-order valence-electron chi connectivity index (χ3n) is 2.25. The summed E-state index contributed by atoms with van der Waals surface area (Å²) in [6.07, 6.45) is 3.01. The molecule has 90 valence electrons. The monoisotopic (exact) mass is 234 g/mol. The van der Waals surface area contributed by atoms with E-state index in [1.807, 2.05) is 13.8 Å². The predicted molar refractivity (Wildman–Crippen MR) is 61.8 cm³/mol. The molecule has 0 unspecified atom stereocenters. The molecule has 2 aromatic heterocycles. The molecule has 2 aromatic rings. The average molecular weight is 234 g/mol. The molecule has 6 heteroatoms. The van der Waals surface area contributed by atoms with E-state index in [2.05, 4.69) is 20.4 Å². The van der Waals surface area contributed by atoms with Crippen molar-refractivity contribution < 1.29 is 9.26 Å². The highest BCUT2D eigenvalue weighted by atomic mass is 16.5. The van der Waals surface area contributed by atoms with Crippen LogP contribution in [0.25, 0.3) is 0 Å². The summed E-state index contributed by atoms with van der Waals surface area (Å²) in [6, 6.07) is 1.80. The number of nitrogens with zero attached hydrogens (tertiary/aromatic N) is 3. The lowest BCUT2D eigenvalue weighted by Gasteiger charge is -2.10. The molecule has 1 N–H and O–H groups in total. The van der Waals surface area contributed by atoms with Crippen LogP contribution in [-0.4, -0.2) is 21.7 Å². The summed E-state index contributed by atoms with van der Waals surface area (Å²) in [4.78, 5) is 8.23. The van der Waals surface area contributed by atoms with Gasteiger partial charge in [-0.25, -0.2) is 9.97 Å². The molecule has 2 rings (SSSR count). The second-order valence-electron chi connectivity index (χ2n) is 3.43. The van der Waals surface area contributed by atoms with E-state index in [0.29, 0.717) is 19.0 Å². The fraction of sp³-hybridized carbons (Fsp3) is 0.364. The number of hydrogen-bond acceptors (Lipinski definition) is 6. The van der Waals surface area contributed by atoms with Crippen molar-refractivity contribution in [3.8, 4) is 5.88 Å². The molecule has 0 saturated carbocycles. The average Bonchev–Trinajstić information content (AvgIpc) is 2.83. The van der Waals surface area contributed by atoms with Gasteiger partial charge in [-0.1, -0.05) is 5.16 Å². The predicted octanol–water partition coefficient (Wildman–Crippen LogP) is 1.78. The number of nitrogens with one attached hydrogen (secondary N) is 1. The van der Waals surface area contributed by atoms with Crippen molar-refractivity contribution in [1.82, 2.24) is 15.1 Å². The van der Waals surface area contributed by atoms with E-state index in [0.717, 1.165) is 17.1 Å². The first-order chi connectivity index (χ1) is 8.31. The van der Waals surface area contributed by atoms with Gasteiger partial charge < -0.3 is 14.6 Å². The van der Waals surface area contributed by atoms with Crippen molar-refractivity contribution in [2.24, 2.45) is 0 Å². The first-order valence-corrected chi connectivity index (χ1v) is 5.38. The van der Waals surface area contributed by atoms with E-state index in [4.69, 9.17) is 9.26 Å². The van der Waals surface area contributed by atoms with Crippen molar-refractivity contribution >= 4 is 5.82 Å². The zero-order valence-corrected chi connectivity index (χ0v) is 9.80. The van der Waals surface area contributed by atoms with Gasteiger partial charge in [0.1, 0.15) is 24.1 Å². The third-order valence-corrected chi connectivity index (χ3v) is 2.25. The molecule has 0 aliphatic rings. The van der Waals surface area contributed by atoms with Crippen molar-refractivity contribution in [2.75, 3.05) is 11.9 Å². The van der Waals surface area contributed by atoms with Crippen LogP contribution in [-0.2, 0) is 6.54 Å². The summed E-state index contributed by atoms with van der Waals surface area (Å²) in [5.41, 5.74) is 1.71. The highest BCUT2D eigenvalue weighted by molar-refractivity contribution is 5.47. The van der Waals surface area contributed by atoms with Crippen LogP contribution < -0.4 is 10.1 Å². The van der Waals surface area contributed by atoms with Gasteiger partial charge in [0, 0.05) is 6.07 Å². The summed E-state index contributed by atoms with van der Waals surface area (Å²) in [5.74, 6) is 1.34. The van der Waals surface area contributed by atoms with E-state index in [-0.39, 0.29) is 0 Å². The van der Waals surface area contributed by atoms with Crippen molar-refractivity contribution in [3.05, 3.63) is 29.9 Å². The van der Waals surface area contributed by atoms with Crippen molar-refractivity contribution in [1.29, 1.82) is 0 Å². The van der Waals surface area contributed by atoms with Crippen LogP contribution in [0.5, 0.6) is 5.88 Å². The molecular weight excluding hydrogens is 220 g/mol. The van der Waals surface area contributed by atoms with Crippen LogP contribution in [0.2, 0.25) is 0 Å². The number of aromatic nitrogens is 3. The molecule has 0 amide bonds. The Bertz CT molecular complexity index is 470. The Balaban J connectivity index is 2.07. The summed E-state index contributed by atoms with van der Waals surface area (Å²) in [7, 11) is 0. The molecule has 0 spiro atoms. The highest BCUT2D eigenvalue weighted by Crippen LogP contribution is 2.20. The summed E-state index contributed by atoms with van der Waals surface area (Å²) >= 11 is 0. The molecule has 0 saturated heterocycles. The smallest absolute Gasteiger partial charge is 0.221 e. The van der Waals surface area contributed by atoms with E-state index < -0.39 is 0 Å². The summed E-state index contributed by atoms with van der Waals surface area (Å²) in [6.45, 7) is 4.97. The number of rotatable bonds is 5. The molecule has 0 bridgehead atoms. The van der Waals surface area contributed by atoms with E-state index in [1.165, 1.54) is 12.6 Å². The molecule has 0 atom stereocenters. The fourth-order valence-corrected chi connectivity index (χ4v) is 1.40. The van der Waals surface area contributed by atoms with Crippen LogP contribution in [0.4, 0.5) is 5.82 Å². The van der Waals surface area contributed by atoms with Gasteiger partial charge in [0.2, 0.25) is 5.88 Å². The quantitative estimate of drug-likeness (QED) is 0.850. The molecular formula is C11H14N4O2. The Hall–Kier alpha value is -2.11. The van der Waals surface area contributed by atoms with Crippen LogP contribution >= 0.6 is 0 Å². The topological polar surface area (TPSA) is 73.1 Å². The molecule has 0 aromatic carbocycles. The molecule has 0 radical (unpaired) electrons. The second-order valence-corrected chi connectivity index (χ2v) is 3.43. The van der Waals surface area contributed by atoms with Crippen LogP contribution in [0.3, 0.4) is 0 Å². The molecule has 17 heavy (non-hydrogen) atoms. The van der Waals surface area contributed by atoms with Crippen LogP contribution in [0.1, 0.15) is 18.2 Å². The third kappa shape index (κ3) is 2.72. The van der Waals surface area contributed by atoms with Crippen LogP contribution in [0, 0.1) is 6.92 Å². The lowest BCUT2D eigenvalue weighted by molar-refractivity contribution is 0.324. The fourth-order valence-electron chi connectivity index (χ4n) is 1.40. The minimum absolute atomic E-state index is 0.555. The maximum absolute atomic E-state index is 5.39. The minimum atomic E-state index is 0.555. The largest absolute Gasteiger partial charge is 0.478 e. The molecule has 6 nitrogen and oxygen atoms in total. The number of hydrogen-bond donors (Lipinski definition) is 1. The molecule has 2 heterocycles. The Kier molecular flexibility index (Phi) is 3.54. The minimum Gasteiger partial charge on any atom is -0.478 e. The molecule has 0 fully saturated rings. The number of ether oxygens (including phenoxy) is 1. The maximum atomic E-state index is 5.39. The van der Waals surface area contributed by atoms with Gasteiger partial charge in [0.15, 0.2) is 0 Å². The number of anilines is 1. The second kappa shape index (κ2) is 5.29. The van der Waals surface area contributed by atoms with Gasteiger partial charge in [0.05, 0.1) is 18.7 Å². The van der Waals surface area contributed by atoms with E-state index in [1.54, 1.807) is 6.07 Å². The zero-order valence-electron chi connectivity index (χ0n) is 9.80. The summed E-state index contributed by atoms with van der Waals surface area (Å²) in [5, 5.41) is 6.97. The first kappa shape index (κ1) is 11.4. The Morgan fingerprint density at radius 1 is 1.41 bits per heavy atom. The standard InChI is InChI=1S/C11H14N4O2/c1-3-16-11-8(2)10(13-7-14-11)12-6-9-4-5-17-15-9/h4-5,7H,3,6H2,1-2H3,(H,12,13,14). The SMILES string of the molecule is CCOc1ncnc(NCc2ccon2)c1C. The van der Waals surface area contributed by atoms with Gasteiger partial charge in [-0.05, 0) is 13.8 Å². The van der Waals surface area contributed by atoms with Crippen molar-refractivity contribution in [3.63, 3.8) is 0 Å². The van der Waals surface area contributed by atoms with Gasteiger partial charge in [-0.3, -0.25) is 0 Å². The van der Waals surface area contributed by atoms with Gasteiger partial charge in [0.25, 0.3) is 0 Å². The van der Waals surface area contributed by atoms with Gasteiger partial charge >= 0.3 is 0 Å². The Morgan fingerprint density at radius 3 is 3.00 bits per heavy atom. The van der Waals surface area contributed by atoms with E-state index >= 15 is 0 Å². The van der Waals surface area contributed by atoms with Gasteiger partial charge in [-0.15, -0.1) is 0 Å². The first-order valence-electron chi connectivity index (χ1n) is 5.38. The lowest BCUT2D eigenvalue weighted by atomic mass is 10.3. The maximum Gasteiger partial charge on any atom is 0.221 e. The lowest BCUT2D eigenvalue weighted by Crippen LogP contribution is -2.06. The zero-order chi connectivity index (χ0) is 12.1. The highest BCUT2D eigenvalue weighted by Gasteiger charge is 2.07. The van der Waals surface area contributed by atoms with E-state index in [9.17, 15) is 0 Å².